The van der Waals surface area contributed by atoms with E-state index in [-0.39, 0.29) is 0 Å². The van der Waals surface area contributed by atoms with Gasteiger partial charge in [-0.05, 0) is 29.7 Å². The van der Waals surface area contributed by atoms with Crippen molar-refractivity contribution in [1.82, 2.24) is 19.7 Å². The van der Waals surface area contributed by atoms with Gasteiger partial charge < -0.3 is 4.74 Å². The van der Waals surface area contributed by atoms with E-state index in [1.165, 1.54) is 5.56 Å². The van der Waals surface area contributed by atoms with E-state index in [1.807, 2.05) is 18.3 Å². The molecule has 0 aliphatic heterocycles. The van der Waals surface area contributed by atoms with Crippen molar-refractivity contribution >= 4 is 11.8 Å². The molecule has 0 aliphatic rings. The van der Waals surface area contributed by atoms with Crippen LogP contribution < -0.4 is 0 Å². The van der Waals surface area contributed by atoms with Gasteiger partial charge in [-0.2, -0.15) is 0 Å². The minimum absolute atomic E-state index is 0.400. The van der Waals surface area contributed by atoms with E-state index in [1.54, 1.807) is 25.1 Å². The number of hydrogen-bond acceptors (Lipinski definition) is 5. The molecule has 0 saturated carbocycles. The van der Waals surface area contributed by atoms with Crippen LogP contribution in [0.2, 0.25) is 0 Å². The summed E-state index contributed by atoms with van der Waals surface area (Å²) in [6.45, 7) is 5.07. The molecule has 0 saturated heterocycles. The lowest BCUT2D eigenvalue weighted by molar-refractivity contribution is 0.218. The van der Waals surface area contributed by atoms with Crippen LogP contribution in [0.1, 0.15) is 25.3 Å². The molecular formula is C19H22N4OS. The summed E-state index contributed by atoms with van der Waals surface area (Å²) in [7, 11) is 1.71. The minimum atomic E-state index is 0.400. The van der Waals surface area contributed by atoms with Crippen molar-refractivity contribution in [3.05, 3.63) is 54.4 Å². The van der Waals surface area contributed by atoms with E-state index >= 15 is 0 Å². The molecule has 2 heterocycles. The summed E-state index contributed by atoms with van der Waals surface area (Å²) in [6, 6.07) is 12.3. The molecule has 6 heteroatoms. The van der Waals surface area contributed by atoms with Crippen LogP contribution in [0.15, 0.2) is 53.9 Å². The second-order valence-electron chi connectivity index (χ2n) is 5.94. The Labute approximate surface area is 152 Å². The standard InChI is InChI=1S/C19H22N4OS/c1-14(2)16-8-4-5-9-17(16)23-18(15-7-6-10-20-13-15)21-22-19(23)25-12-11-24-3/h4-10,13-14H,11-12H2,1-3H3. The fourth-order valence-electron chi connectivity index (χ4n) is 2.66. The normalized spacial score (nSPS) is 11.2. The van der Waals surface area contributed by atoms with Gasteiger partial charge in [0.05, 0.1) is 12.3 Å². The number of para-hydroxylation sites is 1. The number of ether oxygens (including phenoxy) is 1. The van der Waals surface area contributed by atoms with Crippen molar-refractivity contribution in [2.45, 2.75) is 24.9 Å². The number of methoxy groups -OCH3 is 1. The molecule has 2 aromatic heterocycles. The third-order valence-corrected chi connectivity index (χ3v) is 4.76. The molecule has 25 heavy (non-hydrogen) atoms. The van der Waals surface area contributed by atoms with Crippen molar-refractivity contribution in [3.63, 3.8) is 0 Å². The number of rotatable bonds is 7. The highest BCUT2D eigenvalue weighted by atomic mass is 32.2. The summed E-state index contributed by atoms with van der Waals surface area (Å²) < 4.78 is 7.31. The predicted octanol–water partition coefficient (Wildman–Crippen LogP) is 4.19. The summed E-state index contributed by atoms with van der Waals surface area (Å²) >= 11 is 1.65. The predicted molar refractivity (Wildman–Crippen MR) is 101 cm³/mol. The number of hydrogen-bond donors (Lipinski definition) is 0. The molecule has 1 aromatic carbocycles. The first kappa shape index (κ1) is 17.6. The van der Waals surface area contributed by atoms with E-state index in [0.29, 0.717) is 12.5 Å². The van der Waals surface area contributed by atoms with Crippen molar-refractivity contribution < 1.29 is 4.74 Å². The zero-order chi connectivity index (χ0) is 17.6. The molecule has 0 N–H and O–H groups in total. The fourth-order valence-corrected chi connectivity index (χ4v) is 3.50. The molecule has 0 spiro atoms. The van der Waals surface area contributed by atoms with E-state index in [0.717, 1.165) is 28.0 Å². The molecule has 0 radical (unpaired) electrons. The van der Waals surface area contributed by atoms with E-state index in [4.69, 9.17) is 4.74 Å². The molecule has 3 aromatic rings. The van der Waals surface area contributed by atoms with Gasteiger partial charge in [0, 0.05) is 30.8 Å². The Morgan fingerprint density at radius 2 is 1.96 bits per heavy atom. The topological polar surface area (TPSA) is 52.8 Å². The van der Waals surface area contributed by atoms with Gasteiger partial charge in [-0.3, -0.25) is 9.55 Å². The minimum Gasteiger partial charge on any atom is -0.384 e. The lowest BCUT2D eigenvalue weighted by atomic mass is 10.0. The van der Waals surface area contributed by atoms with Gasteiger partial charge in [0.15, 0.2) is 11.0 Å². The molecule has 130 valence electrons. The SMILES string of the molecule is COCCSc1nnc(-c2cccnc2)n1-c1ccccc1C(C)C. The second-order valence-corrected chi connectivity index (χ2v) is 7.00. The van der Waals surface area contributed by atoms with Gasteiger partial charge in [-0.1, -0.05) is 43.8 Å². The average molecular weight is 354 g/mol. The summed E-state index contributed by atoms with van der Waals surface area (Å²) in [6.07, 6.45) is 3.59. The van der Waals surface area contributed by atoms with Crippen LogP contribution in [0.4, 0.5) is 0 Å². The Balaban J connectivity index is 2.13. The third kappa shape index (κ3) is 3.91. The van der Waals surface area contributed by atoms with Crippen molar-refractivity contribution in [2.75, 3.05) is 19.5 Å². The molecule has 0 aliphatic carbocycles. The van der Waals surface area contributed by atoms with E-state index < -0.39 is 0 Å². The maximum atomic E-state index is 5.17. The highest BCUT2D eigenvalue weighted by molar-refractivity contribution is 7.99. The van der Waals surface area contributed by atoms with E-state index in [9.17, 15) is 0 Å². The Bertz CT molecular complexity index is 817. The smallest absolute Gasteiger partial charge is 0.196 e. The zero-order valence-electron chi connectivity index (χ0n) is 14.7. The number of thioether (sulfide) groups is 1. The Morgan fingerprint density at radius 3 is 2.68 bits per heavy atom. The lowest BCUT2D eigenvalue weighted by Gasteiger charge is -2.16. The summed E-state index contributed by atoms with van der Waals surface area (Å²) in [5.41, 5.74) is 3.33. The van der Waals surface area contributed by atoms with Gasteiger partial charge in [0.2, 0.25) is 0 Å². The molecule has 0 fully saturated rings. The van der Waals surface area contributed by atoms with Gasteiger partial charge in [0.25, 0.3) is 0 Å². The molecule has 0 atom stereocenters. The fraction of sp³-hybridized carbons (Fsp3) is 0.316. The van der Waals surface area contributed by atoms with Crippen LogP contribution in [-0.2, 0) is 4.74 Å². The monoisotopic (exact) mass is 354 g/mol. The molecule has 0 amide bonds. The maximum Gasteiger partial charge on any atom is 0.196 e. The van der Waals surface area contributed by atoms with Crippen molar-refractivity contribution in [3.8, 4) is 17.1 Å². The third-order valence-electron chi connectivity index (χ3n) is 3.87. The quantitative estimate of drug-likeness (QED) is 0.470. The maximum absolute atomic E-state index is 5.17. The number of aromatic nitrogens is 4. The molecule has 0 bridgehead atoms. The molecular weight excluding hydrogens is 332 g/mol. The Hall–Kier alpha value is -2.18. The van der Waals surface area contributed by atoms with Crippen LogP contribution in [0, 0.1) is 0 Å². The number of pyridine rings is 1. The van der Waals surface area contributed by atoms with Crippen LogP contribution >= 0.6 is 11.8 Å². The number of nitrogens with zero attached hydrogens (tertiary/aromatic N) is 4. The summed E-state index contributed by atoms with van der Waals surface area (Å²) in [5, 5.41) is 9.75. The van der Waals surface area contributed by atoms with Crippen LogP contribution in [0.3, 0.4) is 0 Å². The highest BCUT2D eigenvalue weighted by Crippen LogP contribution is 2.31. The van der Waals surface area contributed by atoms with Crippen LogP contribution in [-0.4, -0.2) is 39.2 Å². The van der Waals surface area contributed by atoms with Crippen LogP contribution in [0.25, 0.3) is 17.1 Å². The van der Waals surface area contributed by atoms with Crippen molar-refractivity contribution in [1.29, 1.82) is 0 Å². The molecule has 5 nitrogen and oxygen atoms in total. The average Bonchev–Trinajstić information content (AvgIpc) is 3.06. The summed E-state index contributed by atoms with van der Waals surface area (Å²) in [5.74, 6) is 2.03. The zero-order valence-corrected chi connectivity index (χ0v) is 15.5. The lowest BCUT2D eigenvalue weighted by Crippen LogP contribution is -2.05. The van der Waals surface area contributed by atoms with Gasteiger partial charge in [0.1, 0.15) is 0 Å². The second kappa shape index (κ2) is 8.27. The highest BCUT2D eigenvalue weighted by Gasteiger charge is 2.19. The Kier molecular flexibility index (Phi) is 5.83. The largest absolute Gasteiger partial charge is 0.384 e. The van der Waals surface area contributed by atoms with Crippen molar-refractivity contribution in [2.24, 2.45) is 0 Å². The van der Waals surface area contributed by atoms with Gasteiger partial charge in [-0.15, -0.1) is 10.2 Å². The first-order chi connectivity index (χ1) is 12.2. The van der Waals surface area contributed by atoms with Gasteiger partial charge in [-0.25, -0.2) is 0 Å². The Morgan fingerprint density at radius 1 is 1.12 bits per heavy atom. The first-order valence-corrected chi connectivity index (χ1v) is 9.27. The number of benzene rings is 1. The summed E-state index contributed by atoms with van der Waals surface area (Å²) in [4.78, 5) is 4.23. The van der Waals surface area contributed by atoms with Gasteiger partial charge >= 0.3 is 0 Å². The van der Waals surface area contributed by atoms with Crippen LogP contribution in [0.5, 0.6) is 0 Å². The molecule has 0 unspecified atom stereocenters. The first-order valence-electron chi connectivity index (χ1n) is 8.29. The molecule has 3 rings (SSSR count). The van der Waals surface area contributed by atoms with E-state index in [2.05, 4.69) is 57.9 Å².